The summed E-state index contributed by atoms with van der Waals surface area (Å²) in [7, 11) is 4.68. The molecule has 0 unspecified atom stereocenters. The van der Waals surface area contributed by atoms with Crippen LogP contribution in [0.1, 0.15) is 16.1 Å². The summed E-state index contributed by atoms with van der Waals surface area (Å²) in [5, 5.41) is 6.30. The Bertz CT molecular complexity index is 1140. The lowest BCUT2D eigenvalue weighted by molar-refractivity contribution is -0.116. The molecule has 8 nitrogen and oxygen atoms in total. The Balaban J connectivity index is 1.52. The standard InChI is InChI=1S/C24H25N3O5/c1-30-20-7-5-4-6-16(20)9-11-23(28)25-12-13-26-24(29)18-10-8-17-14-21(31-2)22(32-3)15-19(17)27-18/h4-11,14-15H,12-13H2,1-3H3,(H,25,28)(H,26,29)/b11-9+. The maximum Gasteiger partial charge on any atom is 0.269 e. The third kappa shape index (κ3) is 5.54. The highest BCUT2D eigenvalue weighted by molar-refractivity contribution is 5.95. The number of amides is 2. The van der Waals surface area contributed by atoms with Gasteiger partial charge in [-0.3, -0.25) is 9.59 Å². The molecule has 8 heteroatoms. The second-order valence-corrected chi connectivity index (χ2v) is 6.72. The van der Waals surface area contributed by atoms with Gasteiger partial charge in [0.15, 0.2) is 11.5 Å². The van der Waals surface area contributed by atoms with Crippen LogP contribution in [0.5, 0.6) is 17.2 Å². The molecule has 0 saturated carbocycles. The zero-order valence-electron chi connectivity index (χ0n) is 18.2. The molecular weight excluding hydrogens is 410 g/mol. The van der Waals surface area contributed by atoms with Crippen molar-refractivity contribution in [1.82, 2.24) is 15.6 Å². The fourth-order valence-corrected chi connectivity index (χ4v) is 3.06. The van der Waals surface area contributed by atoms with Gasteiger partial charge >= 0.3 is 0 Å². The Hall–Kier alpha value is -4.07. The van der Waals surface area contributed by atoms with Gasteiger partial charge in [0.05, 0.1) is 26.8 Å². The molecule has 2 amide bonds. The fourth-order valence-electron chi connectivity index (χ4n) is 3.06. The minimum atomic E-state index is -0.333. The van der Waals surface area contributed by atoms with Crippen molar-refractivity contribution >= 4 is 28.8 Å². The van der Waals surface area contributed by atoms with Gasteiger partial charge in [0.2, 0.25) is 5.91 Å². The van der Waals surface area contributed by atoms with E-state index in [0.29, 0.717) is 22.8 Å². The van der Waals surface area contributed by atoms with Crippen molar-refractivity contribution in [2.75, 3.05) is 34.4 Å². The third-order valence-corrected chi connectivity index (χ3v) is 4.69. The first kappa shape index (κ1) is 22.6. The lowest BCUT2D eigenvalue weighted by Gasteiger charge is -2.10. The molecule has 0 bridgehead atoms. The average molecular weight is 435 g/mol. The highest BCUT2D eigenvalue weighted by Gasteiger charge is 2.11. The van der Waals surface area contributed by atoms with Crippen LogP contribution in [0.2, 0.25) is 0 Å². The number of fused-ring (bicyclic) bond motifs is 1. The van der Waals surface area contributed by atoms with Crippen LogP contribution in [0.15, 0.2) is 54.6 Å². The second kappa shape index (κ2) is 10.8. The van der Waals surface area contributed by atoms with Crippen LogP contribution in [0.4, 0.5) is 0 Å². The zero-order chi connectivity index (χ0) is 22.9. The summed E-state index contributed by atoms with van der Waals surface area (Å²) < 4.78 is 15.8. The maximum absolute atomic E-state index is 12.4. The van der Waals surface area contributed by atoms with E-state index in [9.17, 15) is 9.59 Å². The first-order valence-electron chi connectivity index (χ1n) is 9.95. The van der Waals surface area contributed by atoms with E-state index >= 15 is 0 Å². The summed E-state index contributed by atoms with van der Waals surface area (Å²) in [5.41, 5.74) is 1.69. The predicted molar refractivity (Wildman–Crippen MR) is 122 cm³/mol. The van der Waals surface area contributed by atoms with Gasteiger partial charge in [-0.15, -0.1) is 0 Å². The first-order valence-corrected chi connectivity index (χ1v) is 9.95. The Kier molecular flexibility index (Phi) is 7.64. The van der Waals surface area contributed by atoms with Gasteiger partial charge in [0.1, 0.15) is 11.4 Å². The molecule has 1 heterocycles. The Morgan fingerprint density at radius 1 is 0.875 bits per heavy atom. The zero-order valence-corrected chi connectivity index (χ0v) is 18.2. The van der Waals surface area contributed by atoms with Gasteiger partial charge in [-0.1, -0.05) is 24.3 Å². The molecule has 0 saturated heterocycles. The van der Waals surface area contributed by atoms with Crippen LogP contribution >= 0.6 is 0 Å². The number of nitrogens with zero attached hydrogens (tertiary/aromatic N) is 1. The fraction of sp³-hybridized carbons (Fsp3) is 0.208. The Morgan fingerprint density at radius 2 is 1.56 bits per heavy atom. The van der Waals surface area contributed by atoms with E-state index in [0.717, 1.165) is 10.9 Å². The van der Waals surface area contributed by atoms with Gasteiger partial charge in [0, 0.05) is 36.2 Å². The number of rotatable bonds is 9. The number of para-hydroxylation sites is 1. The minimum Gasteiger partial charge on any atom is -0.496 e. The number of ether oxygens (including phenoxy) is 3. The van der Waals surface area contributed by atoms with Crippen LogP contribution in [-0.2, 0) is 4.79 Å². The van der Waals surface area contributed by atoms with Crippen LogP contribution < -0.4 is 24.8 Å². The minimum absolute atomic E-state index is 0.263. The molecule has 0 spiro atoms. The lowest BCUT2D eigenvalue weighted by Crippen LogP contribution is -2.34. The summed E-state index contributed by atoms with van der Waals surface area (Å²) >= 11 is 0. The molecule has 2 aromatic carbocycles. The molecule has 2 N–H and O–H groups in total. The van der Waals surface area contributed by atoms with Crippen LogP contribution in [-0.4, -0.2) is 51.2 Å². The van der Waals surface area contributed by atoms with E-state index in [1.54, 1.807) is 51.7 Å². The highest BCUT2D eigenvalue weighted by atomic mass is 16.5. The molecule has 0 radical (unpaired) electrons. The van der Waals surface area contributed by atoms with Gasteiger partial charge in [-0.2, -0.15) is 0 Å². The van der Waals surface area contributed by atoms with Crippen molar-refractivity contribution in [2.45, 2.75) is 0 Å². The summed E-state index contributed by atoms with van der Waals surface area (Å²) in [6.07, 6.45) is 3.10. The number of methoxy groups -OCH3 is 3. The molecule has 1 aromatic heterocycles. The molecule has 0 fully saturated rings. The highest BCUT2D eigenvalue weighted by Crippen LogP contribution is 2.31. The Labute approximate surface area is 186 Å². The number of carbonyl (C=O) groups is 2. The normalized spacial score (nSPS) is 10.7. The average Bonchev–Trinajstić information content (AvgIpc) is 2.83. The predicted octanol–water partition coefficient (Wildman–Crippen LogP) is 2.82. The molecule has 0 atom stereocenters. The van der Waals surface area contributed by atoms with Gasteiger partial charge in [0.25, 0.3) is 5.91 Å². The van der Waals surface area contributed by atoms with E-state index in [1.165, 1.54) is 6.08 Å². The second-order valence-electron chi connectivity index (χ2n) is 6.72. The van der Waals surface area contributed by atoms with Crippen LogP contribution in [0.25, 0.3) is 17.0 Å². The molecule has 32 heavy (non-hydrogen) atoms. The van der Waals surface area contributed by atoms with E-state index in [2.05, 4.69) is 15.6 Å². The quantitative estimate of drug-likeness (QED) is 0.396. The SMILES string of the molecule is COc1ccccc1/C=C/C(=O)NCCNC(=O)c1ccc2cc(OC)c(OC)cc2n1. The number of hydrogen-bond acceptors (Lipinski definition) is 6. The molecule has 166 valence electrons. The first-order chi connectivity index (χ1) is 15.5. The summed E-state index contributed by atoms with van der Waals surface area (Å²) in [6.45, 7) is 0.540. The van der Waals surface area contributed by atoms with Crippen molar-refractivity contribution in [3.8, 4) is 17.2 Å². The van der Waals surface area contributed by atoms with Crippen LogP contribution in [0, 0.1) is 0 Å². The summed E-state index contributed by atoms with van der Waals surface area (Å²) in [4.78, 5) is 28.8. The van der Waals surface area contributed by atoms with Crippen molar-refractivity contribution in [2.24, 2.45) is 0 Å². The summed E-state index contributed by atoms with van der Waals surface area (Å²) in [5.74, 6) is 1.21. The van der Waals surface area contributed by atoms with Gasteiger partial charge in [-0.05, 0) is 24.3 Å². The maximum atomic E-state index is 12.4. The molecule has 0 aliphatic carbocycles. The molecular formula is C24H25N3O5. The van der Waals surface area contributed by atoms with Crippen molar-refractivity contribution in [3.63, 3.8) is 0 Å². The van der Waals surface area contributed by atoms with Crippen LogP contribution in [0.3, 0.4) is 0 Å². The molecule has 0 aliphatic heterocycles. The van der Waals surface area contributed by atoms with Crippen molar-refractivity contribution < 1.29 is 23.8 Å². The van der Waals surface area contributed by atoms with Gasteiger partial charge < -0.3 is 24.8 Å². The van der Waals surface area contributed by atoms with E-state index in [4.69, 9.17) is 14.2 Å². The topological polar surface area (TPSA) is 98.8 Å². The van der Waals surface area contributed by atoms with E-state index < -0.39 is 0 Å². The number of nitrogens with one attached hydrogen (secondary N) is 2. The number of hydrogen-bond donors (Lipinski definition) is 2. The number of benzene rings is 2. The smallest absolute Gasteiger partial charge is 0.269 e. The molecule has 3 aromatic rings. The number of pyridine rings is 1. The van der Waals surface area contributed by atoms with E-state index in [1.807, 2.05) is 24.3 Å². The summed E-state index contributed by atoms with van der Waals surface area (Å²) in [6, 6.07) is 14.4. The van der Waals surface area contributed by atoms with Crippen molar-refractivity contribution in [1.29, 1.82) is 0 Å². The third-order valence-electron chi connectivity index (χ3n) is 4.69. The van der Waals surface area contributed by atoms with E-state index in [-0.39, 0.29) is 30.6 Å². The van der Waals surface area contributed by atoms with Gasteiger partial charge in [-0.25, -0.2) is 4.98 Å². The Morgan fingerprint density at radius 3 is 2.31 bits per heavy atom. The number of aromatic nitrogens is 1. The molecule has 0 aliphatic rings. The van der Waals surface area contributed by atoms with Crippen molar-refractivity contribution in [3.05, 3.63) is 65.9 Å². The monoisotopic (exact) mass is 435 g/mol. The molecule has 3 rings (SSSR count). The largest absolute Gasteiger partial charge is 0.496 e. The number of carbonyl (C=O) groups excluding carboxylic acids is 2. The lowest BCUT2D eigenvalue weighted by atomic mass is 10.1.